The first-order valence-corrected chi connectivity index (χ1v) is 8.41. The van der Waals surface area contributed by atoms with Crippen molar-refractivity contribution in [3.05, 3.63) is 29.8 Å². The predicted molar refractivity (Wildman–Crippen MR) is 76.3 cm³/mol. The van der Waals surface area contributed by atoms with Gasteiger partial charge in [-0.3, -0.25) is 0 Å². The summed E-state index contributed by atoms with van der Waals surface area (Å²) in [5.41, 5.74) is 0.825. The van der Waals surface area contributed by atoms with E-state index in [4.69, 9.17) is 5.14 Å². The maximum atomic E-state index is 11.6. The van der Waals surface area contributed by atoms with Crippen LogP contribution in [-0.4, -0.2) is 21.0 Å². The molecular formula is C14H22N2O2S. The molecule has 1 fully saturated rings. The zero-order chi connectivity index (χ0) is 13.9. The molecule has 4 nitrogen and oxygen atoms in total. The second kappa shape index (κ2) is 6.03. The molecule has 1 saturated carbocycles. The van der Waals surface area contributed by atoms with Crippen LogP contribution in [0.3, 0.4) is 0 Å². The largest absolute Gasteiger partial charge is 0.313 e. The van der Waals surface area contributed by atoms with Gasteiger partial charge >= 0.3 is 0 Å². The standard InChI is InChI=1S/C14H22N2O2S/c1-2-9-16-13(11-7-8-11)10-12-5-3-4-6-14(12)19(15,17)18/h3-6,11,13,16H,2,7-10H2,1H3,(H2,15,17,18). The summed E-state index contributed by atoms with van der Waals surface area (Å²) < 4.78 is 23.2. The average Bonchev–Trinajstić information content (AvgIpc) is 3.18. The third-order valence-corrected chi connectivity index (χ3v) is 4.58. The van der Waals surface area contributed by atoms with Gasteiger partial charge in [0.15, 0.2) is 0 Å². The Kier molecular flexibility index (Phi) is 4.60. The van der Waals surface area contributed by atoms with E-state index < -0.39 is 10.0 Å². The van der Waals surface area contributed by atoms with Crippen molar-refractivity contribution in [3.63, 3.8) is 0 Å². The lowest BCUT2D eigenvalue weighted by Crippen LogP contribution is -2.34. The van der Waals surface area contributed by atoms with Crippen LogP contribution in [0, 0.1) is 5.92 Å². The minimum atomic E-state index is -3.63. The van der Waals surface area contributed by atoms with Gasteiger partial charge in [0.05, 0.1) is 4.90 Å². The van der Waals surface area contributed by atoms with Gasteiger partial charge in [0.25, 0.3) is 0 Å². The second-order valence-electron chi connectivity index (χ2n) is 5.25. The lowest BCUT2D eigenvalue weighted by atomic mass is 10.0. The third kappa shape index (κ3) is 4.03. The predicted octanol–water partition coefficient (Wildman–Crippen LogP) is 1.65. The molecule has 0 aromatic heterocycles. The van der Waals surface area contributed by atoms with Crippen LogP contribution in [0.2, 0.25) is 0 Å². The Morgan fingerprint density at radius 1 is 1.37 bits per heavy atom. The van der Waals surface area contributed by atoms with E-state index in [0.29, 0.717) is 12.0 Å². The molecule has 3 N–H and O–H groups in total. The van der Waals surface area contributed by atoms with Gasteiger partial charge in [-0.1, -0.05) is 25.1 Å². The van der Waals surface area contributed by atoms with Crippen LogP contribution < -0.4 is 10.5 Å². The summed E-state index contributed by atoms with van der Waals surface area (Å²) in [5, 5.41) is 8.80. The van der Waals surface area contributed by atoms with E-state index in [1.807, 2.05) is 12.1 Å². The van der Waals surface area contributed by atoms with Gasteiger partial charge in [-0.15, -0.1) is 0 Å². The lowest BCUT2D eigenvalue weighted by Gasteiger charge is -2.19. The number of nitrogens with two attached hydrogens (primary N) is 1. The van der Waals surface area contributed by atoms with Gasteiger partial charge in [0.2, 0.25) is 10.0 Å². The molecule has 0 amide bonds. The molecule has 5 heteroatoms. The molecule has 106 valence electrons. The van der Waals surface area contributed by atoms with Crippen molar-refractivity contribution in [2.45, 2.75) is 43.5 Å². The fourth-order valence-electron chi connectivity index (χ4n) is 2.42. The highest BCUT2D eigenvalue weighted by atomic mass is 32.2. The Morgan fingerprint density at radius 3 is 2.63 bits per heavy atom. The minimum Gasteiger partial charge on any atom is -0.313 e. The molecule has 1 aliphatic rings. The molecule has 1 unspecified atom stereocenters. The third-order valence-electron chi connectivity index (χ3n) is 3.57. The summed E-state index contributed by atoms with van der Waals surface area (Å²) in [5.74, 6) is 0.681. The number of primary sulfonamides is 1. The summed E-state index contributed by atoms with van der Waals surface area (Å²) >= 11 is 0. The first kappa shape index (κ1) is 14.5. The molecule has 2 rings (SSSR count). The van der Waals surface area contributed by atoms with Crippen LogP contribution >= 0.6 is 0 Å². The van der Waals surface area contributed by atoms with E-state index in [1.165, 1.54) is 12.8 Å². The van der Waals surface area contributed by atoms with Crippen LogP contribution in [0.15, 0.2) is 29.2 Å². The van der Waals surface area contributed by atoms with Gasteiger partial charge in [-0.05, 0) is 49.8 Å². The number of rotatable bonds is 7. The van der Waals surface area contributed by atoms with Crippen molar-refractivity contribution in [1.82, 2.24) is 5.32 Å². The number of benzene rings is 1. The monoisotopic (exact) mass is 282 g/mol. The second-order valence-corrected chi connectivity index (χ2v) is 6.78. The van der Waals surface area contributed by atoms with E-state index in [-0.39, 0.29) is 4.90 Å². The first-order valence-electron chi connectivity index (χ1n) is 6.86. The Labute approximate surface area is 115 Å². The van der Waals surface area contributed by atoms with E-state index in [9.17, 15) is 8.42 Å². The van der Waals surface area contributed by atoms with E-state index in [2.05, 4.69) is 12.2 Å². The zero-order valence-corrected chi connectivity index (χ0v) is 12.1. The normalized spacial score (nSPS) is 17.4. The SMILES string of the molecule is CCCNC(Cc1ccccc1S(N)(=O)=O)C1CC1. The Balaban J connectivity index is 2.17. The highest BCUT2D eigenvalue weighted by Crippen LogP contribution is 2.34. The van der Waals surface area contributed by atoms with Crippen LogP contribution in [0.5, 0.6) is 0 Å². The van der Waals surface area contributed by atoms with Crippen LogP contribution in [-0.2, 0) is 16.4 Å². The average molecular weight is 282 g/mol. The molecule has 0 spiro atoms. The van der Waals surface area contributed by atoms with E-state index >= 15 is 0 Å². The van der Waals surface area contributed by atoms with Gasteiger partial charge < -0.3 is 5.32 Å². The summed E-state index contributed by atoms with van der Waals surface area (Å²) in [7, 11) is -3.63. The number of hydrogen-bond donors (Lipinski definition) is 2. The van der Waals surface area contributed by atoms with Crippen molar-refractivity contribution in [2.75, 3.05) is 6.54 Å². The molecule has 0 saturated heterocycles. The van der Waals surface area contributed by atoms with Gasteiger partial charge in [0, 0.05) is 6.04 Å². The molecule has 0 bridgehead atoms. The Hall–Kier alpha value is -0.910. The van der Waals surface area contributed by atoms with Crippen LogP contribution in [0.4, 0.5) is 0 Å². The van der Waals surface area contributed by atoms with Crippen molar-refractivity contribution < 1.29 is 8.42 Å². The summed E-state index contributed by atoms with van der Waals surface area (Å²) in [6.45, 7) is 3.11. The molecule has 1 aliphatic carbocycles. The van der Waals surface area contributed by atoms with Crippen molar-refractivity contribution in [2.24, 2.45) is 11.1 Å². The lowest BCUT2D eigenvalue weighted by molar-refractivity contribution is 0.457. The molecule has 19 heavy (non-hydrogen) atoms. The quantitative estimate of drug-likeness (QED) is 0.799. The van der Waals surface area contributed by atoms with E-state index in [0.717, 1.165) is 24.9 Å². The van der Waals surface area contributed by atoms with Crippen LogP contribution in [0.25, 0.3) is 0 Å². The fraction of sp³-hybridized carbons (Fsp3) is 0.571. The highest BCUT2D eigenvalue weighted by Gasteiger charge is 2.31. The van der Waals surface area contributed by atoms with Gasteiger partial charge in [-0.2, -0.15) is 0 Å². The minimum absolute atomic E-state index is 0.263. The molecule has 1 aromatic carbocycles. The van der Waals surface area contributed by atoms with E-state index in [1.54, 1.807) is 12.1 Å². The molecular weight excluding hydrogens is 260 g/mol. The highest BCUT2D eigenvalue weighted by molar-refractivity contribution is 7.89. The number of hydrogen-bond acceptors (Lipinski definition) is 3. The Bertz CT molecular complexity index is 524. The maximum absolute atomic E-state index is 11.6. The van der Waals surface area contributed by atoms with Gasteiger partial charge in [0.1, 0.15) is 0 Å². The summed E-state index contributed by atoms with van der Waals surface area (Å²) in [4.78, 5) is 0.263. The maximum Gasteiger partial charge on any atom is 0.238 e. The summed E-state index contributed by atoms with van der Waals surface area (Å²) in [6.07, 6.45) is 4.29. The molecule has 1 aromatic rings. The number of sulfonamides is 1. The zero-order valence-electron chi connectivity index (χ0n) is 11.3. The first-order chi connectivity index (χ1) is 9.02. The smallest absolute Gasteiger partial charge is 0.238 e. The topological polar surface area (TPSA) is 72.2 Å². The molecule has 0 radical (unpaired) electrons. The number of nitrogens with one attached hydrogen (secondary N) is 1. The van der Waals surface area contributed by atoms with Crippen molar-refractivity contribution >= 4 is 10.0 Å². The van der Waals surface area contributed by atoms with Gasteiger partial charge in [-0.25, -0.2) is 13.6 Å². The molecule has 0 heterocycles. The molecule has 1 atom stereocenters. The van der Waals surface area contributed by atoms with Crippen LogP contribution in [0.1, 0.15) is 31.7 Å². The van der Waals surface area contributed by atoms with Crippen molar-refractivity contribution in [1.29, 1.82) is 0 Å². The van der Waals surface area contributed by atoms with Crippen molar-refractivity contribution in [3.8, 4) is 0 Å². The molecule has 0 aliphatic heterocycles. The Morgan fingerprint density at radius 2 is 2.05 bits per heavy atom. The summed E-state index contributed by atoms with van der Waals surface area (Å²) in [6, 6.07) is 7.41. The fourth-order valence-corrected chi connectivity index (χ4v) is 3.21.